The van der Waals surface area contributed by atoms with E-state index in [-0.39, 0.29) is 18.4 Å². The highest BCUT2D eigenvalue weighted by molar-refractivity contribution is 14.1. The van der Waals surface area contributed by atoms with Crippen LogP contribution < -0.4 is 0 Å². The van der Waals surface area contributed by atoms with Crippen LogP contribution in [0.15, 0.2) is 18.2 Å². The molecule has 1 rings (SSSR count). The Hall–Kier alpha value is -0.650. The van der Waals surface area contributed by atoms with Crippen LogP contribution in [0.25, 0.3) is 0 Å². The van der Waals surface area contributed by atoms with Crippen LogP contribution in [0.3, 0.4) is 0 Å². The number of benzene rings is 1. The number of hydrogen-bond acceptors (Lipinski definition) is 2. The highest BCUT2D eigenvalue weighted by atomic mass is 127. The van der Waals surface area contributed by atoms with Crippen molar-refractivity contribution in [2.24, 2.45) is 0 Å². The Labute approximate surface area is 89.2 Å². The number of hydrogen-bond donors (Lipinski definition) is 0. The molecule has 4 heteroatoms. The van der Waals surface area contributed by atoms with Crippen molar-refractivity contribution in [1.29, 1.82) is 0 Å². The summed E-state index contributed by atoms with van der Waals surface area (Å²) in [6.45, 7) is 1.46. The third-order valence-corrected chi connectivity index (χ3v) is 2.67. The van der Waals surface area contributed by atoms with Crippen molar-refractivity contribution in [1.82, 2.24) is 0 Å². The van der Waals surface area contributed by atoms with Gasteiger partial charge < -0.3 is 4.74 Å². The van der Waals surface area contributed by atoms with Gasteiger partial charge in [0.15, 0.2) is 0 Å². The van der Waals surface area contributed by atoms with Crippen molar-refractivity contribution in [3.63, 3.8) is 0 Å². The van der Waals surface area contributed by atoms with Crippen molar-refractivity contribution >= 4 is 28.6 Å². The maximum absolute atomic E-state index is 13.0. The summed E-state index contributed by atoms with van der Waals surface area (Å²) in [6.07, 6.45) is 0. The largest absolute Gasteiger partial charge is 0.461 e. The van der Waals surface area contributed by atoms with Crippen molar-refractivity contribution in [3.05, 3.63) is 33.1 Å². The number of rotatable bonds is 2. The number of carbonyl (C=O) groups excluding carboxylic acids is 1. The minimum atomic E-state index is -0.361. The number of halogens is 2. The summed E-state index contributed by atoms with van der Waals surface area (Å²) in [5.74, 6) is -0.648. The maximum Gasteiger partial charge on any atom is 0.302 e. The van der Waals surface area contributed by atoms with Crippen LogP contribution in [0.1, 0.15) is 12.5 Å². The lowest BCUT2D eigenvalue weighted by molar-refractivity contribution is -0.142. The minimum absolute atomic E-state index is 0.130. The van der Waals surface area contributed by atoms with Crippen molar-refractivity contribution in [2.45, 2.75) is 13.5 Å². The molecule has 13 heavy (non-hydrogen) atoms. The Kier molecular flexibility index (Phi) is 3.65. The second kappa shape index (κ2) is 4.55. The van der Waals surface area contributed by atoms with Crippen molar-refractivity contribution in [3.8, 4) is 0 Å². The monoisotopic (exact) mass is 294 g/mol. The average Bonchev–Trinajstić information content (AvgIpc) is 2.07. The molecule has 0 saturated carbocycles. The molecule has 0 amide bonds. The highest BCUT2D eigenvalue weighted by Gasteiger charge is 2.05. The fourth-order valence-corrected chi connectivity index (χ4v) is 1.35. The van der Waals surface area contributed by atoms with Crippen LogP contribution >= 0.6 is 22.6 Å². The van der Waals surface area contributed by atoms with Gasteiger partial charge in [0.05, 0.1) is 3.57 Å². The molecule has 0 saturated heterocycles. The number of esters is 1. The summed E-state index contributed by atoms with van der Waals surface area (Å²) in [6, 6.07) is 4.70. The first-order chi connectivity index (χ1) is 6.11. The van der Waals surface area contributed by atoms with Gasteiger partial charge in [-0.25, -0.2) is 4.39 Å². The van der Waals surface area contributed by atoms with E-state index < -0.39 is 0 Å². The van der Waals surface area contributed by atoms with Gasteiger partial charge in [-0.05, 0) is 28.7 Å². The molecule has 70 valence electrons. The van der Waals surface area contributed by atoms with Gasteiger partial charge in [0.2, 0.25) is 0 Å². The molecule has 0 aliphatic rings. The Morgan fingerprint density at radius 3 is 2.92 bits per heavy atom. The molecular formula is C9H8FIO2. The number of carbonyl (C=O) groups is 1. The summed E-state index contributed by atoms with van der Waals surface area (Å²) >= 11 is 1.89. The van der Waals surface area contributed by atoms with Gasteiger partial charge in [-0.1, -0.05) is 12.1 Å². The quantitative estimate of drug-likeness (QED) is 0.619. The topological polar surface area (TPSA) is 26.3 Å². The third kappa shape index (κ3) is 2.95. The van der Waals surface area contributed by atoms with E-state index in [4.69, 9.17) is 4.74 Å². The van der Waals surface area contributed by atoms with Gasteiger partial charge >= 0.3 is 5.97 Å². The van der Waals surface area contributed by atoms with Gasteiger partial charge in [-0.3, -0.25) is 4.79 Å². The Morgan fingerprint density at radius 1 is 1.62 bits per heavy atom. The second-order valence-corrected chi connectivity index (χ2v) is 3.57. The molecule has 1 aromatic carbocycles. The molecule has 0 bridgehead atoms. The zero-order valence-electron chi connectivity index (χ0n) is 7.01. The predicted molar refractivity (Wildman–Crippen MR) is 54.6 cm³/mol. The standard InChI is InChI=1S/C9H8FIO2/c1-6(12)13-5-7-3-2-4-8(10)9(7)11/h2-4H,5H2,1H3. The normalized spacial score (nSPS) is 9.77. The minimum Gasteiger partial charge on any atom is -0.461 e. The number of ether oxygens (including phenoxy) is 1. The maximum atomic E-state index is 13.0. The fraction of sp³-hybridized carbons (Fsp3) is 0.222. The van der Waals surface area contributed by atoms with E-state index in [1.54, 1.807) is 12.1 Å². The Bertz CT molecular complexity index is 325. The summed E-state index contributed by atoms with van der Waals surface area (Å²) < 4.78 is 18.2. The van der Waals surface area contributed by atoms with E-state index >= 15 is 0 Å². The van der Waals surface area contributed by atoms with Gasteiger partial charge in [0.25, 0.3) is 0 Å². The molecule has 0 aliphatic heterocycles. The Morgan fingerprint density at radius 2 is 2.31 bits per heavy atom. The van der Waals surface area contributed by atoms with Crippen LogP contribution in [0.5, 0.6) is 0 Å². The van der Waals surface area contributed by atoms with Crippen LogP contribution in [0.2, 0.25) is 0 Å². The average molecular weight is 294 g/mol. The Balaban J connectivity index is 2.77. The fourth-order valence-electron chi connectivity index (χ4n) is 0.839. The summed E-state index contributed by atoms with van der Waals surface area (Å²) in [7, 11) is 0. The molecule has 0 fully saturated rings. The first-order valence-electron chi connectivity index (χ1n) is 3.67. The van der Waals surface area contributed by atoms with Crippen molar-refractivity contribution in [2.75, 3.05) is 0 Å². The molecule has 0 unspecified atom stereocenters. The molecule has 2 nitrogen and oxygen atoms in total. The van der Waals surface area contributed by atoms with E-state index in [1.165, 1.54) is 13.0 Å². The molecule has 0 heterocycles. The molecule has 0 atom stereocenters. The lowest BCUT2D eigenvalue weighted by Crippen LogP contribution is -2.01. The van der Waals surface area contributed by atoms with Crippen LogP contribution in [0, 0.1) is 9.39 Å². The molecule has 0 spiro atoms. The van der Waals surface area contributed by atoms with Crippen LogP contribution in [-0.2, 0) is 16.1 Å². The van der Waals surface area contributed by atoms with Gasteiger partial charge in [-0.15, -0.1) is 0 Å². The van der Waals surface area contributed by atoms with E-state index in [2.05, 4.69) is 0 Å². The zero-order chi connectivity index (χ0) is 9.84. The van der Waals surface area contributed by atoms with Gasteiger partial charge in [0.1, 0.15) is 12.4 Å². The lowest BCUT2D eigenvalue weighted by atomic mass is 10.2. The third-order valence-electron chi connectivity index (χ3n) is 1.46. The van der Waals surface area contributed by atoms with Crippen LogP contribution in [0.4, 0.5) is 4.39 Å². The van der Waals surface area contributed by atoms with Crippen LogP contribution in [-0.4, -0.2) is 5.97 Å². The predicted octanol–water partition coefficient (Wildman–Crippen LogP) is 2.49. The smallest absolute Gasteiger partial charge is 0.302 e. The highest BCUT2D eigenvalue weighted by Crippen LogP contribution is 2.16. The van der Waals surface area contributed by atoms with Gasteiger partial charge in [0, 0.05) is 12.5 Å². The first kappa shape index (κ1) is 10.4. The summed E-state index contributed by atoms with van der Waals surface area (Å²) in [5, 5.41) is 0. The SMILES string of the molecule is CC(=O)OCc1cccc(F)c1I. The molecule has 1 aromatic rings. The summed E-state index contributed by atoms with van der Waals surface area (Å²) in [5.41, 5.74) is 0.691. The van der Waals surface area contributed by atoms with Gasteiger partial charge in [-0.2, -0.15) is 0 Å². The lowest BCUT2D eigenvalue weighted by Gasteiger charge is -2.04. The molecule has 0 aromatic heterocycles. The molecule has 0 radical (unpaired) electrons. The van der Waals surface area contributed by atoms with Crippen molar-refractivity contribution < 1.29 is 13.9 Å². The summed E-state index contributed by atoms with van der Waals surface area (Å²) in [4.78, 5) is 10.5. The second-order valence-electron chi connectivity index (χ2n) is 2.49. The van der Waals surface area contributed by atoms with E-state index in [9.17, 15) is 9.18 Å². The molecular weight excluding hydrogens is 286 g/mol. The first-order valence-corrected chi connectivity index (χ1v) is 4.75. The zero-order valence-corrected chi connectivity index (χ0v) is 9.17. The van der Waals surface area contributed by atoms with E-state index in [0.717, 1.165) is 0 Å². The van der Waals surface area contributed by atoms with E-state index in [0.29, 0.717) is 9.13 Å². The van der Waals surface area contributed by atoms with E-state index in [1.807, 2.05) is 22.6 Å². The molecule has 0 N–H and O–H groups in total. The molecule has 0 aliphatic carbocycles.